The van der Waals surface area contributed by atoms with Gasteiger partial charge in [-0.15, -0.1) is 0 Å². The summed E-state index contributed by atoms with van der Waals surface area (Å²) in [6, 6.07) is 8.02. The SMILES string of the molecule is Clc1ccc(CCNCC2CNCCO2)cc1. The first-order valence-corrected chi connectivity index (χ1v) is 6.50. The van der Waals surface area contributed by atoms with Crippen LogP contribution in [0.15, 0.2) is 24.3 Å². The second kappa shape index (κ2) is 6.97. The van der Waals surface area contributed by atoms with Crippen LogP contribution in [0.4, 0.5) is 0 Å². The van der Waals surface area contributed by atoms with Crippen molar-refractivity contribution in [2.24, 2.45) is 0 Å². The Bertz CT molecular complexity index is 323. The lowest BCUT2D eigenvalue weighted by Gasteiger charge is -2.23. The van der Waals surface area contributed by atoms with Crippen LogP contribution in [0.1, 0.15) is 5.56 Å². The van der Waals surface area contributed by atoms with Crippen LogP contribution < -0.4 is 10.6 Å². The highest BCUT2D eigenvalue weighted by atomic mass is 35.5. The molecule has 0 aromatic heterocycles. The number of hydrogen-bond acceptors (Lipinski definition) is 3. The van der Waals surface area contributed by atoms with E-state index in [1.165, 1.54) is 5.56 Å². The minimum absolute atomic E-state index is 0.314. The molecule has 1 unspecified atom stereocenters. The van der Waals surface area contributed by atoms with E-state index in [0.29, 0.717) is 6.10 Å². The summed E-state index contributed by atoms with van der Waals surface area (Å²) in [5.74, 6) is 0. The van der Waals surface area contributed by atoms with E-state index < -0.39 is 0 Å². The first kappa shape index (κ1) is 12.8. The van der Waals surface area contributed by atoms with Crippen molar-refractivity contribution >= 4 is 11.6 Å². The number of nitrogens with one attached hydrogen (secondary N) is 2. The predicted octanol–water partition coefficient (Wildman–Crippen LogP) is 1.46. The molecule has 1 aromatic rings. The Hall–Kier alpha value is -0.610. The van der Waals surface area contributed by atoms with Crippen LogP contribution in [0.2, 0.25) is 5.02 Å². The lowest BCUT2D eigenvalue weighted by Crippen LogP contribution is -2.44. The third-order valence-corrected chi connectivity index (χ3v) is 3.13. The van der Waals surface area contributed by atoms with E-state index in [1.807, 2.05) is 12.1 Å². The van der Waals surface area contributed by atoms with Gasteiger partial charge in [0.1, 0.15) is 0 Å². The molecule has 0 aliphatic carbocycles. The largest absolute Gasteiger partial charge is 0.374 e. The highest BCUT2D eigenvalue weighted by Crippen LogP contribution is 2.09. The summed E-state index contributed by atoms with van der Waals surface area (Å²) >= 11 is 5.84. The van der Waals surface area contributed by atoms with Crippen LogP contribution in [0.25, 0.3) is 0 Å². The smallest absolute Gasteiger partial charge is 0.0824 e. The number of halogens is 1. The summed E-state index contributed by atoms with van der Waals surface area (Å²) in [6.07, 6.45) is 1.34. The van der Waals surface area contributed by atoms with Crippen molar-refractivity contribution in [3.05, 3.63) is 34.9 Å². The molecule has 3 nitrogen and oxygen atoms in total. The van der Waals surface area contributed by atoms with Crippen molar-refractivity contribution < 1.29 is 4.74 Å². The number of ether oxygens (including phenoxy) is 1. The van der Waals surface area contributed by atoms with Gasteiger partial charge in [0.2, 0.25) is 0 Å². The van der Waals surface area contributed by atoms with Crippen LogP contribution in [-0.4, -0.2) is 38.9 Å². The molecule has 0 saturated carbocycles. The molecular formula is C13H19ClN2O. The molecule has 0 radical (unpaired) electrons. The molecule has 2 rings (SSSR count). The zero-order chi connectivity index (χ0) is 11.9. The topological polar surface area (TPSA) is 33.3 Å². The Morgan fingerprint density at radius 1 is 1.35 bits per heavy atom. The summed E-state index contributed by atoms with van der Waals surface area (Å²) < 4.78 is 5.60. The summed E-state index contributed by atoms with van der Waals surface area (Å²) in [7, 11) is 0. The molecule has 0 amide bonds. The van der Waals surface area contributed by atoms with Crippen molar-refractivity contribution in [1.29, 1.82) is 0 Å². The van der Waals surface area contributed by atoms with Gasteiger partial charge in [-0.2, -0.15) is 0 Å². The highest BCUT2D eigenvalue weighted by molar-refractivity contribution is 6.30. The van der Waals surface area contributed by atoms with Gasteiger partial charge in [0.25, 0.3) is 0 Å². The first-order valence-electron chi connectivity index (χ1n) is 6.12. The molecule has 1 aliphatic rings. The quantitative estimate of drug-likeness (QED) is 0.781. The molecular weight excluding hydrogens is 236 g/mol. The molecule has 17 heavy (non-hydrogen) atoms. The van der Waals surface area contributed by atoms with Crippen LogP contribution in [0.3, 0.4) is 0 Å². The van der Waals surface area contributed by atoms with Gasteiger partial charge in [0, 0.05) is 24.7 Å². The van der Waals surface area contributed by atoms with Crippen molar-refractivity contribution in [2.75, 3.05) is 32.8 Å². The standard InChI is InChI=1S/C13H19ClN2O/c14-12-3-1-11(2-4-12)5-6-15-9-13-10-16-7-8-17-13/h1-4,13,15-16H,5-10H2. The molecule has 1 atom stereocenters. The lowest BCUT2D eigenvalue weighted by molar-refractivity contribution is 0.0294. The minimum atomic E-state index is 0.314. The van der Waals surface area contributed by atoms with Crippen LogP contribution in [-0.2, 0) is 11.2 Å². The van der Waals surface area contributed by atoms with Crippen LogP contribution in [0.5, 0.6) is 0 Å². The van der Waals surface area contributed by atoms with E-state index in [9.17, 15) is 0 Å². The van der Waals surface area contributed by atoms with Gasteiger partial charge in [-0.3, -0.25) is 0 Å². The van der Waals surface area contributed by atoms with E-state index in [0.717, 1.165) is 44.2 Å². The van der Waals surface area contributed by atoms with Gasteiger partial charge in [-0.1, -0.05) is 23.7 Å². The summed E-state index contributed by atoms with van der Waals surface area (Å²) in [5, 5.41) is 7.54. The molecule has 1 heterocycles. The Kier molecular flexibility index (Phi) is 5.26. The fourth-order valence-corrected chi connectivity index (χ4v) is 2.02. The van der Waals surface area contributed by atoms with Gasteiger partial charge in [0.15, 0.2) is 0 Å². The Balaban J connectivity index is 1.60. The predicted molar refractivity (Wildman–Crippen MR) is 70.6 cm³/mol. The van der Waals surface area contributed by atoms with E-state index in [-0.39, 0.29) is 0 Å². The molecule has 94 valence electrons. The Morgan fingerprint density at radius 2 is 2.18 bits per heavy atom. The molecule has 1 aromatic carbocycles. The van der Waals surface area contributed by atoms with E-state index in [2.05, 4.69) is 22.8 Å². The average Bonchev–Trinajstić information content (AvgIpc) is 2.38. The van der Waals surface area contributed by atoms with E-state index in [1.54, 1.807) is 0 Å². The van der Waals surface area contributed by atoms with Gasteiger partial charge < -0.3 is 15.4 Å². The van der Waals surface area contributed by atoms with Gasteiger partial charge in [-0.25, -0.2) is 0 Å². The summed E-state index contributed by atoms with van der Waals surface area (Å²) in [4.78, 5) is 0. The number of rotatable bonds is 5. The second-order valence-corrected chi connectivity index (χ2v) is 4.71. The Labute approximate surface area is 107 Å². The van der Waals surface area contributed by atoms with Crippen LogP contribution in [0, 0.1) is 0 Å². The van der Waals surface area contributed by atoms with Gasteiger partial charge >= 0.3 is 0 Å². The lowest BCUT2D eigenvalue weighted by atomic mass is 10.1. The fraction of sp³-hybridized carbons (Fsp3) is 0.538. The molecule has 2 N–H and O–H groups in total. The molecule has 1 aliphatic heterocycles. The summed E-state index contributed by atoms with van der Waals surface area (Å²) in [6.45, 7) is 4.64. The number of hydrogen-bond donors (Lipinski definition) is 2. The van der Waals surface area contributed by atoms with E-state index >= 15 is 0 Å². The number of benzene rings is 1. The Morgan fingerprint density at radius 3 is 2.88 bits per heavy atom. The van der Waals surface area contributed by atoms with Crippen molar-refractivity contribution in [3.63, 3.8) is 0 Å². The molecule has 1 saturated heterocycles. The van der Waals surface area contributed by atoms with Crippen molar-refractivity contribution in [3.8, 4) is 0 Å². The second-order valence-electron chi connectivity index (χ2n) is 4.28. The maximum atomic E-state index is 5.84. The summed E-state index contributed by atoms with van der Waals surface area (Å²) in [5.41, 5.74) is 1.31. The highest BCUT2D eigenvalue weighted by Gasteiger charge is 2.11. The molecule has 4 heteroatoms. The van der Waals surface area contributed by atoms with Crippen LogP contribution >= 0.6 is 11.6 Å². The van der Waals surface area contributed by atoms with Gasteiger partial charge in [0.05, 0.1) is 12.7 Å². The van der Waals surface area contributed by atoms with Gasteiger partial charge in [-0.05, 0) is 30.7 Å². The zero-order valence-corrected chi connectivity index (χ0v) is 10.7. The monoisotopic (exact) mass is 254 g/mol. The minimum Gasteiger partial charge on any atom is -0.374 e. The van der Waals surface area contributed by atoms with E-state index in [4.69, 9.17) is 16.3 Å². The molecule has 0 bridgehead atoms. The fourth-order valence-electron chi connectivity index (χ4n) is 1.90. The average molecular weight is 255 g/mol. The first-order chi connectivity index (χ1) is 8.34. The molecule has 0 spiro atoms. The zero-order valence-electron chi connectivity index (χ0n) is 9.92. The third kappa shape index (κ3) is 4.64. The van der Waals surface area contributed by atoms with Crippen molar-refractivity contribution in [1.82, 2.24) is 10.6 Å². The third-order valence-electron chi connectivity index (χ3n) is 2.88. The maximum absolute atomic E-state index is 5.84. The maximum Gasteiger partial charge on any atom is 0.0824 e. The molecule has 1 fully saturated rings. The normalized spacial score (nSPS) is 20.4. The number of morpholine rings is 1. The van der Waals surface area contributed by atoms with Crippen molar-refractivity contribution in [2.45, 2.75) is 12.5 Å².